The molecule has 2 heteroatoms. The number of hydrogen-bond donors (Lipinski definition) is 1. The molecule has 18 heavy (non-hydrogen) atoms. The number of nitrogens with two attached hydrogens (primary N) is 1. The predicted octanol–water partition coefficient (Wildman–Crippen LogP) is 3.98. The molecule has 0 aromatic rings. The lowest BCUT2D eigenvalue weighted by atomic mass is 9.68. The molecule has 1 unspecified atom stereocenters. The lowest BCUT2D eigenvalue weighted by Gasteiger charge is -2.45. The summed E-state index contributed by atoms with van der Waals surface area (Å²) in [5.74, 6) is 1.38. The van der Waals surface area contributed by atoms with Crippen molar-refractivity contribution < 1.29 is 4.74 Å². The SMILES string of the molecule is CC(C)C(C)OC1(CN)CCC(C(C)(C)C)CC1. The molecule has 0 spiro atoms. The molecular weight excluding hydrogens is 222 g/mol. The fourth-order valence-electron chi connectivity index (χ4n) is 2.91. The highest BCUT2D eigenvalue weighted by Crippen LogP contribution is 2.43. The minimum atomic E-state index is -0.0502. The molecule has 0 radical (unpaired) electrons. The van der Waals surface area contributed by atoms with E-state index in [1.807, 2.05) is 0 Å². The van der Waals surface area contributed by atoms with Crippen molar-refractivity contribution in [3.8, 4) is 0 Å². The Hall–Kier alpha value is -0.0800. The van der Waals surface area contributed by atoms with Gasteiger partial charge in [-0.05, 0) is 49.9 Å². The highest BCUT2D eigenvalue weighted by Gasteiger charge is 2.39. The van der Waals surface area contributed by atoms with Crippen LogP contribution in [0.4, 0.5) is 0 Å². The molecule has 1 saturated carbocycles. The Morgan fingerprint density at radius 2 is 1.67 bits per heavy atom. The summed E-state index contributed by atoms with van der Waals surface area (Å²) in [6.45, 7) is 14.3. The van der Waals surface area contributed by atoms with Gasteiger partial charge in [-0.15, -0.1) is 0 Å². The maximum Gasteiger partial charge on any atom is 0.0808 e. The highest BCUT2D eigenvalue weighted by atomic mass is 16.5. The molecule has 0 amide bonds. The van der Waals surface area contributed by atoms with Gasteiger partial charge in [0.15, 0.2) is 0 Å². The van der Waals surface area contributed by atoms with E-state index in [-0.39, 0.29) is 5.60 Å². The van der Waals surface area contributed by atoms with Crippen LogP contribution in [0.3, 0.4) is 0 Å². The first-order chi connectivity index (χ1) is 8.20. The first-order valence-corrected chi connectivity index (χ1v) is 7.58. The van der Waals surface area contributed by atoms with Crippen LogP contribution in [0.2, 0.25) is 0 Å². The first kappa shape index (κ1) is 16.0. The van der Waals surface area contributed by atoms with E-state index in [2.05, 4.69) is 41.5 Å². The molecule has 0 bridgehead atoms. The van der Waals surface area contributed by atoms with Crippen molar-refractivity contribution in [2.45, 2.75) is 78.9 Å². The van der Waals surface area contributed by atoms with Gasteiger partial charge in [0.2, 0.25) is 0 Å². The van der Waals surface area contributed by atoms with Crippen LogP contribution in [-0.4, -0.2) is 18.2 Å². The Kier molecular flexibility index (Phi) is 5.25. The van der Waals surface area contributed by atoms with Crippen molar-refractivity contribution in [2.75, 3.05) is 6.54 Å². The van der Waals surface area contributed by atoms with Crippen LogP contribution < -0.4 is 5.73 Å². The summed E-state index contributed by atoms with van der Waals surface area (Å²) in [6.07, 6.45) is 5.07. The highest BCUT2D eigenvalue weighted by molar-refractivity contribution is 4.92. The fourth-order valence-corrected chi connectivity index (χ4v) is 2.91. The van der Waals surface area contributed by atoms with Crippen LogP contribution in [-0.2, 0) is 4.74 Å². The third-order valence-corrected chi connectivity index (χ3v) is 4.87. The van der Waals surface area contributed by atoms with Crippen molar-refractivity contribution in [1.82, 2.24) is 0 Å². The monoisotopic (exact) mass is 255 g/mol. The quantitative estimate of drug-likeness (QED) is 0.824. The minimum Gasteiger partial charge on any atom is -0.370 e. The molecule has 1 rings (SSSR count). The normalized spacial score (nSPS) is 31.7. The van der Waals surface area contributed by atoms with Crippen LogP contribution in [0, 0.1) is 17.3 Å². The van der Waals surface area contributed by atoms with Crippen molar-refractivity contribution in [2.24, 2.45) is 23.0 Å². The number of hydrogen-bond acceptors (Lipinski definition) is 2. The molecule has 1 fully saturated rings. The van der Waals surface area contributed by atoms with E-state index in [0.717, 1.165) is 18.8 Å². The Morgan fingerprint density at radius 1 is 1.17 bits per heavy atom. The van der Waals surface area contributed by atoms with E-state index in [9.17, 15) is 0 Å². The van der Waals surface area contributed by atoms with Crippen molar-refractivity contribution in [3.63, 3.8) is 0 Å². The Bertz CT molecular complexity index is 246. The summed E-state index contributed by atoms with van der Waals surface area (Å²) in [4.78, 5) is 0. The summed E-state index contributed by atoms with van der Waals surface area (Å²) in [6, 6.07) is 0. The average molecular weight is 255 g/mol. The smallest absolute Gasteiger partial charge is 0.0808 e. The van der Waals surface area contributed by atoms with Gasteiger partial charge in [0.25, 0.3) is 0 Å². The third kappa shape index (κ3) is 3.96. The van der Waals surface area contributed by atoms with E-state index in [1.165, 1.54) is 12.8 Å². The van der Waals surface area contributed by atoms with Gasteiger partial charge < -0.3 is 10.5 Å². The molecular formula is C16H33NO. The standard InChI is InChI=1S/C16H33NO/c1-12(2)13(3)18-16(11-17)9-7-14(8-10-16)15(4,5)6/h12-14H,7-11,17H2,1-6H3. The maximum atomic E-state index is 6.33. The number of ether oxygens (including phenoxy) is 1. The number of rotatable bonds is 4. The summed E-state index contributed by atoms with van der Waals surface area (Å²) in [5, 5.41) is 0. The summed E-state index contributed by atoms with van der Waals surface area (Å²) in [5.41, 5.74) is 6.39. The first-order valence-electron chi connectivity index (χ1n) is 7.58. The summed E-state index contributed by atoms with van der Waals surface area (Å²) < 4.78 is 6.33. The van der Waals surface area contributed by atoms with Gasteiger partial charge >= 0.3 is 0 Å². The van der Waals surface area contributed by atoms with Crippen LogP contribution in [0.1, 0.15) is 67.2 Å². The zero-order valence-corrected chi connectivity index (χ0v) is 13.3. The zero-order valence-electron chi connectivity index (χ0n) is 13.3. The van der Waals surface area contributed by atoms with Gasteiger partial charge in [0, 0.05) is 6.54 Å². The van der Waals surface area contributed by atoms with Crippen LogP contribution >= 0.6 is 0 Å². The molecule has 0 saturated heterocycles. The van der Waals surface area contributed by atoms with E-state index in [1.54, 1.807) is 0 Å². The van der Waals surface area contributed by atoms with Gasteiger partial charge in [-0.1, -0.05) is 34.6 Å². The molecule has 0 aromatic carbocycles. The van der Waals surface area contributed by atoms with E-state index < -0.39 is 0 Å². The van der Waals surface area contributed by atoms with Crippen LogP contribution in [0.5, 0.6) is 0 Å². The van der Waals surface area contributed by atoms with Crippen LogP contribution in [0.25, 0.3) is 0 Å². The summed E-state index contributed by atoms with van der Waals surface area (Å²) in [7, 11) is 0. The van der Waals surface area contributed by atoms with Gasteiger partial charge in [-0.25, -0.2) is 0 Å². The average Bonchev–Trinajstić information content (AvgIpc) is 2.28. The third-order valence-electron chi connectivity index (χ3n) is 4.87. The zero-order chi connectivity index (χ0) is 14.0. The van der Waals surface area contributed by atoms with Gasteiger partial charge in [0.1, 0.15) is 0 Å². The molecule has 108 valence electrons. The molecule has 1 aliphatic rings. The van der Waals surface area contributed by atoms with Crippen molar-refractivity contribution in [3.05, 3.63) is 0 Å². The minimum absolute atomic E-state index is 0.0502. The Balaban J connectivity index is 2.60. The lowest BCUT2D eigenvalue weighted by molar-refractivity contribution is -0.126. The lowest BCUT2D eigenvalue weighted by Crippen LogP contribution is -2.48. The molecule has 2 nitrogen and oxygen atoms in total. The predicted molar refractivity (Wildman–Crippen MR) is 78.6 cm³/mol. The second-order valence-electron chi connectivity index (χ2n) is 7.59. The van der Waals surface area contributed by atoms with E-state index in [4.69, 9.17) is 10.5 Å². The fraction of sp³-hybridized carbons (Fsp3) is 1.00. The second kappa shape index (κ2) is 5.92. The van der Waals surface area contributed by atoms with Gasteiger partial charge in [-0.3, -0.25) is 0 Å². The Morgan fingerprint density at radius 3 is 2.00 bits per heavy atom. The topological polar surface area (TPSA) is 35.2 Å². The molecule has 0 aliphatic heterocycles. The van der Waals surface area contributed by atoms with E-state index in [0.29, 0.717) is 24.0 Å². The maximum absolute atomic E-state index is 6.33. The van der Waals surface area contributed by atoms with Crippen molar-refractivity contribution in [1.29, 1.82) is 0 Å². The van der Waals surface area contributed by atoms with Crippen molar-refractivity contribution >= 4 is 0 Å². The second-order valence-corrected chi connectivity index (χ2v) is 7.59. The van der Waals surface area contributed by atoms with E-state index >= 15 is 0 Å². The largest absolute Gasteiger partial charge is 0.370 e. The molecule has 2 N–H and O–H groups in total. The molecule has 0 heterocycles. The summed E-state index contributed by atoms with van der Waals surface area (Å²) >= 11 is 0. The molecule has 0 aromatic heterocycles. The molecule has 1 atom stereocenters. The van der Waals surface area contributed by atoms with Crippen LogP contribution in [0.15, 0.2) is 0 Å². The van der Waals surface area contributed by atoms with Gasteiger partial charge in [0.05, 0.1) is 11.7 Å². The van der Waals surface area contributed by atoms with Gasteiger partial charge in [-0.2, -0.15) is 0 Å². The Labute approximate surface area is 114 Å². The molecule has 1 aliphatic carbocycles.